The summed E-state index contributed by atoms with van der Waals surface area (Å²) in [4.78, 5) is 28.0. The van der Waals surface area contributed by atoms with Gasteiger partial charge in [0.05, 0.1) is 25.0 Å². The van der Waals surface area contributed by atoms with Gasteiger partial charge in [-0.25, -0.2) is 4.98 Å². The molecule has 0 atom stereocenters. The molecule has 0 fully saturated rings. The molecule has 4 aromatic rings. The van der Waals surface area contributed by atoms with Crippen LogP contribution in [0.1, 0.15) is 27.4 Å². The van der Waals surface area contributed by atoms with E-state index in [1.807, 2.05) is 61.6 Å². The minimum absolute atomic E-state index is 0.0817. The quantitative estimate of drug-likeness (QED) is 0.504. The molecule has 0 unspecified atom stereocenters. The van der Waals surface area contributed by atoms with Gasteiger partial charge < -0.3 is 19.7 Å². The summed E-state index contributed by atoms with van der Waals surface area (Å²) in [6.45, 7) is 3.53. The second-order valence-corrected chi connectivity index (χ2v) is 8.90. The van der Waals surface area contributed by atoms with Crippen LogP contribution in [-0.4, -0.2) is 52.9 Å². The van der Waals surface area contributed by atoms with E-state index in [1.54, 1.807) is 0 Å². The third kappa shape index (κ3) is 4.47. The highest BCUT2D eigenvalue weighted by Gasteiger charge is 2.25. The van der Waals surface area contributed by atoms with E-state index in [-0.39, 0.29) is 5.91 Å². The van der Waals surface area contributed by atoms with Crippen molar-refractivity contribution in [1.82, 2.24) is 19.8 Å². The largest absolute Gasteiger partial charge is 0.364 e. The van der Waals surface area contributed by atoms with Gasteiger partial charge in [-0.1, -0.05) is 54.6 Å². The minimum Gasteiger partial charge on any atom is -0.364 e. The fourth-order valence-corrected chi connectivity index (χ4v) is 4.59. The predicted molar refractivity (Wildman–Crippen MR) is 132 cm³/mol. The van der Waals surface area contributed by atoms with Gasteiger partial charge in [-0.05, 0) is 42.6 Å². The molecule has 1 aliphatic rings. The van der Waals surface area contributed by atoms with Crippen LogP contribution in [0.4, 0.5) is 5.69 Å². The Hall–Kier alpha value is -3.64. The van der Waals surface area contributed by atoms with Crippen molar-refractivity contribution < 1.29 is 4.79 Å². The maximum absolute atomic E-state index is 13.6. The zero-order valence-electron chi connectivity index (χ0n) is 19.2. The lowest BCUT2D eigenvalue weighted by Gasteiger charge is -2.24. The normalized spacial score (nSPS) is 13.9. The van der Waals surface area contributed by atoms with Gasteiger partial charge in [0.25, 0.3) is 5.91 Å². The molecule has 0 aliphatic carbocycles. The van der Waals surface area contributed by atoms with Crippen LogP contribution in [0.25, 0.3) is 10.8 Å². The zero-order chi connectivity index (χ0) is 22.8. The van der Waals surface area contributed by atoms with Gasteiger partial charge in [-0.15, -0.1) is 0 Å². The van der Waals surface area contributed by atoms with Crippen LogP contribution in [0.3, 0.4) is 0 Å². The number of aromatic nitrogens is 2. The lowest BCUT2D eigenvalue weighted by Crippen LogP contribution is -2.35. The number of para-hydroxylation sites is 1. The number of nitrogens with zero attached hydrogens (tertiary/aromatic N) is 4. The summed E-state index contributed by atoms with van der Waals surface area (Å²) in [5.74, 6) is 1.05. The minimum atomic E-state index is 0.0817. The molecule has 33 heavy (non-hydrogen) atoms. The number of hydrogen-bond acceptors (Lipinski definition) is 4. The predicted octanol–water partition coefficient (Wildman–Crippen LogP) is 4.29. The fraction of sp³-hybridized carbons (Fsp3) is 0.259. The maximum atomic E-state index is 13.6. The van der Waals surface area contributed by atoms with E-state index >= 15 is 0 Å². The van der Waals surface area contributed by atoms with Gasteiger partial charge in [0, 0.05) is 30.9 Å². The summed E-state index contributed by atoms with van der Waals surface area (Å²) in [6, 6.07) is 22.5. The van der Waals surface area contributed by atoms with E-state index in [9.17, 15) is 4.79 Å². The van der Waals surface area contributed by atoms with Crippen molar-refractivity contribution in [2.45, 2.75) is 19.6 Å². The summed E-state index contributed by atoms with van der Waals surface area (Å²) >= 11 is 0. The maximum Gasteiger partial charge on any atom is 0.254 e. The van der Waals surface area contributed by atoms with Crippen molar-refractivity contribution in [3.63, 3.8) is 0 Å². The fourth-order valence-electron chi connectivity index (χ4n) is 4.59. The monoisotopic (exact) mass is 439 g/mol. The van der Waals surface area contributed by atoms with E-state index in [0.29, 0.717) is 13.1 Å². The number of benzene rings is 3. The van der Waals surface area contributed by atoms with Crippen LogP contribution in [0.15, 0.2) is 72.9 Å². The molecule has 6 heteroatoms. The molecule has 6 nitrogen and oxygen atoms in total. The Kier molecular flexibility index (Phi) is 5.84. The Bertz CT molecular complexity index is 1270. The highest BCUT2D eigenvalue weighted by atomic mass is 16.2. The number of carbonyl (C=O) groups is 1. The van der Waals surface area contributed by atoms with E-state index in [2.05, 4.69) is 50.1 Å². The van der Waals surface area contributed by atoms with E-state index < -0.39 is 0 Å². The van der Waals surface area contributed by atoms with Gasteiger partial charge in [0.1, 0.15) is 5.82 Å². The number of fused-ring (bicyclic) bond motifs is 2. The van der Waals surface area contributed by atoms with Crippen LogP contribution in [-0.2, 0) is 19.6 Å². The molecule has 2 heterocycles. The number of amides is 1. The molecule has 0 bridgehead atoms. The average molecular weight is 440 g/mol. The van der Waals surface area contributed by atoms with Crippen LogP contribution in [0.5, 0.6) is 0 Å². The lowest BCUT2D eigenvalue weighted by molar-refractivity contribution is 0.0753. The van der Waals surface area contributed by atoms with Crippen LogP contribution in [0.2, 0.25) is 0 Å². The second kappa shape index (κ2) is 9.08. The molecule has 0 spiro atoms. The Morgan fingerprint density at radius 3 is 2.67 bits per heavy atom. The van der Waals surface area contributed by atoms with E-state index in [1.165, 1.54) is 5.69 Å². The first-order valence-corrected chi connectivity index (χ1v) is 11.4. The second-order valence-electron chi connectivity index (χ2n) is 8.90. The van der Waals surface area contributed by atoms with Crippen molar-refractivity contribution in [2.24, 2.45) is 0 Å². The summed E-state index contributed by atoms with van der Waals surface area (Å²) < 4.78 is 0. The lowest BCUT2D eigenvalue weighted by atomic mass is 10.0. The number of carbonyl (C=O) groups excluding carboxylic acids is 1. The molecule has 168 valence electrons. The molecule has 0 saturated heterocycles. The van der Waals surface area contributed by atoms with Crippen molar-refractivity contribution in [3.05, 3.63) is 95.6 Å². The Morgan fingerprint density at radius 1 is 1.00 bits per heavy atom. The number of nitrogens with one attached hydrogen (secondary N) is 1. The number of H-pyrrole nitrogens is 1. The first kappa shape index (κ1) is 21.2. The van der Waals surface area contributed by atoms with Gasteiger partial charge >= 0.3 is 0 Å². The molecule has 0 saturated carbocycles. The van der Waals surface area contributed by atoms with Gasteiger partial charge in [-0.3, -0.25) is 4.79 Å². The van der Waals surface area contributed by atoms with Crippen LogP contribution >= 0.6 is 0 Å². The standard InChI is InChI=1S/C27H29N5O/c1-30(2)19-26-28-16-22(29-26)18-31-14-15-32(17-21-9-4-6-13-25(21)31)27(33)24-12-7-10-20-8-3-5-11-23(20)24/h3-13,16H,14-15,17-19H2,1-2H3,(H,28,29). The Labute approximate surface area is 194 Å². The zero-order valence-corrected chi connectivity index (χ0v) is 19.2. The van der Waals surface area contributed by atoms with Crippen LogP contribution in [0, 0.1) is 0 Å². The van der Waals surface area contributed by atoms with Gasteiger partial charge in [0.15, 0.2) is 0 Å². The molecule has 5 rings (SSSR count). The van der Waals surface area contributed by atoms with Crippen molar-refractivity contribution in [3.8, 4) is 0 Å². The SMILES string of the molecule is CN(C)Cc1ncc(CN2CCN(C(=O)c3cccc4ccccc34)Cc3ccccc32)[nH]1. The molecular weight excluding hydrogens is 410 g/mol. The summed E-state index contributed by atoms with van der Waals surface area (Å²) in [7, 11) is 4.07. The summed E-state index contributed by atoms with van der Waals surface area (Å²) in [5.41, 5.74) is 4.18. The van der Waals surface area contributed by atoms with Crippen molar-refractivity contribution in [2.75, 3.05) is 32.1 Å². The first-order chi connectivity index (χ1) is 16.1. The number of imidazole rings is 1. The van der Waals surface area contributed by atoms with Gasteiger partial charge in [-0.2, -0.15) is 0 Å². The number of hydrogen-bond donors (Lipinski definition) is 1. The van der Waals surface area contributed by atoms with Gasteiger partial charge in [0.2, 0.25) is 0 Å². The van der Waals surface area contributed by atoms with Crippen molar-refractivity contribution >= 4 is 22.4 Å². The molecule has 1 N–H and O–H groups in total. The molecular formula is C27H29N5O. The smallest absolute Gasteiger partial charge is 0.254 e. The van der Waals surface area contributed by atoms with Crippen LogP contribution < -0.4 is 4.90 Å². The van der Waals surface area contributed by atoms with E-state index in [4.69, 9.17) is 0 Å². The number of anilines is 1. The highest BCUT2D eigenvalue weighted by molar-refractivity contribution is 6.07. The Balaban J connectivity index is 1.41. The highest BCUT2D eigenvalue weighted by Crippen LogP contribution is 2.28. The molecule has 1 aromatic heterocycles. The average Bonchev–Trinajstić information content (AvgIpc) is 3.17. The first-order valence-electron chi connectivity index (χ1n) is 11.4. The molecule has 1 aliphatic heterocycles. The number of rotatable bonds is 5. The van der Waals surface area contributed by atoms with E-state index in [0.717, 1.165) is 53.1 Å². The number of aromatic amines is 1. The third-order valence-corrected chi connectivity index (χ3v) is 6.15. The third-order valence-electron chi connectivity index (χ3n) is 6.15. The molecule has 0 radical (unpaired) electrons. The summed E-state index contributed by atoms with van der Waals surface area (Å²) in [5, 5.41) is 2.10. The molecule has 3 aromatic carbocycles. The Morgan fingerprint density at radius 2 is 1.79 bits per heavy atom. The topological polar surface area (TPSA) is 55.5 Å². The summed E-state index contributed by atoms with van der Waals surface area (Å²) in [6.07, 6.45) is 1.92. The van der Waals surface area contributed by atoms with Crippen molar-refractivity contribution in [1.29, 1.82) is 0 Å². The molecule has 1 amide bonds.